The molecule has 2 aromatic carbocycles. The van der Waals surface area contributed by atoms with Crippen LogP contribution in [0.2, 0.25) is 5.02 Å². The summed E-state index contributed by atoms with van der Waals surface area (Å²) in [6, 6.07) is 13.8. The zero-order valence-electron chi connectivity index (χ0n) is 19.1. The molecule has 4 rings (SSSR count). The van der Waals surface area contributed by atoms with E-state index < -0.39 is 0 Å². The normalized spacial score (nSPS) is 26.7. The van der Waals surface area contributed by atoms with Crippen molar-refractivity contribution in [1.82, 2.24) is 0 Å². The lowest BCUT2D eigenvalue weighted by molar-refractivity contribution is 0.224. The highest BCUT2D eigenvalue weighted by Gasteiger charge is 2.25. The molecule has 0 aromatic heterocycles. The minimum atomic E-state index is -0.351. The molecule has 0 unspecified atom stereocenters. The Hall–Kier alpha value is -1.34. The first kappa shape index (κ1) is 22.8. The summed E-state index contributed by atoms with van der Waals surface area (Å²) in [5.74, 6) is 3.33. The van der Waals surface area contributed by atoms with Crippen molar-refractivity contribution >= 4 is 11.6 Å². The SMILES string of the molecule is CCC[C@H]1CC[C@H](CC[C@H]2CC[C@H](c3ccc(-c4ccc(Cl)c(F)c4)cc3)CC2)CC1. The van der Waals surface area contributed by atoms with Gasteiger partial charge in [0.2, 0.25) is 0 Å². The van der Waals surface area contributed by atoms with Crippen LogP contribution in [0.1, 0.15) is 95.5 Å². The van der Waals surface area contributed by atoms with Crippen molar-refractivity contribution in [1.29, 1.82) is 0 Å². The van der Waals surface area contributed by atoms with Crippen LogP contribution in [0.25, 0.3) is 11.1 Å². The van der Waals surface area contributed by atoms with Crippen molar-refractivity contribution in [3.63, 3.8) is 0 Å². The maximum absolute atomic E-state index is 13.8. The summed E-state index contributed by atoms with van der Waals surface area (Å²) in [6.45, 7) is 2.33. The van der Waals surface area contributed by atoms with E-state index >= 15 is 0 Å². The van der Waals surface area contributed by atoms with Crippen molar-refractivity contribution in [3.8, 4) is 11.1 Å². The summed E-state index contributed by atoms with van der Waals surface area (Å²) in [7, 11) is 0. The van der Waals surface area contributed by atoms with Crippen molar-refractivity contribution < 1.29 is 4.39 Å². The molecular weight excluding hydrogens is 403 g/mol. The second kappa shape index (κ2) is 11.0. The van der Waals surface area contributed by atoms with Gasteiger partial charge >= 0.3 is 0 Å². The van der Waals surface area contributed by atoms with Gasteiger partial charge in [-0.1, -0.05) is 100 Å². The minimum Gasteiger partial charge on any atom is -0.205 e. The average molecular weight is 441 g/mol. The van der Waals surface area contributed by atoms with Gasteiger partial charge in [-0.15, -0.1) is 0 Å². The van der Waals surface area contributed by atoms with Crippen LogP contribution in [0, 0.1) is 23.6 Å². The van der Waals surface area contributed by atoms with Crippen molar-refractivity contribution in [2.45, 2.75) is 89.9 Å². The molecule has 2 aliphatic rings. The van der Waals surface area contributed by atoms with E-state index in [1.54, 1.807) is 6.07 Å². The molecule has 2 aromatic rings. The van der Waals surface area contributed by atoms with Crippen LogP contribution in [-0.4, -0.2) is 0 Å². The van der Waals surface area contributed by atoms with Crippen LogP contribution in [0.3, 0.4) is 0 Å². The van der Waals surface area contributed by atoms with E-state index in [1.165, 1.54) is 88.7 Å². The van der Waals surface area contributed by atoms with Crippen LogP contribution in [0.15, 0.2) is 42.5 Å². The Bertz CT molecular complexity index is 811. The van der Waals surface area contributed by atoms with E-state index in [1.807, 2.05) is 6.07 Å². The molecule has 0 spiro atoms. The third-order valence-corrected chi connectivity index (χ3v) is 8.43. The highest BCUT2D eigenvalue weighted by molar-refractivity contribution is 6.30. The lowest BCUT2D eigenvalue weighted by Gasteiger charge is -2.32. The fourth-order valence-corrected chi connectivity index (χ4v) is 6.21. The summed E-state index contributed by atoms with van der Waals surface area (Å²) in [6.07, 6.45) is 17.1. The van der Waals surface area contributed by atoms with Gasteiger partial charge in [0, 0.05) is 0 Å². The van der Waals surface area contributed by atoms with Crippen molar-refractivity contribution in [3.05, 3.63) is 58.9 Å². The second-order valence-corrected chi connectivity index (χ2v) is 10.6. The first-order valence-electron chi connectivity index (χ1n) is 12.7. The maximum Gasteiger partial charge on any atom is 0.142 e. The topological polar surface area (TPSA) is 0 Å². The Labute approximate surface area is 193 Å². The smallest absolute Gasteiger partial charge is 0.142 e. The van der Waals surface area contributed by atoms with Crippen LogP contribution < -0.4 is 0 Å². The van der Waals surface area contributed by atoms with Crippen LogP contribution in [0.4, 0.5) is 4.39 Å². The van der Waals surface area contributed by atoms with Gasteiger partial charge in [0.25, 0.3) is 0 Å². The third kappa shape index (κ3) is 6.13. The Balaban J connectivity index is 1.22. The summed E-state index contributed by atoms with van der Waals surface area (Å²) in [5, 5.41) is 0.182. The Morgan fingerprint density at radius 3 is 1.77 bits per heavy atom. The first-order chi connectivity index (χ1) is 15.1. The molecule has 0 nitrogen and oxygen atoms in total. The highest BCUT2D eigenvalue weighted by Crippen LogP contribution is 2.40. The number of halogens is 2. The lowest BCUT2D eigenvalue weighted by Crippen LogP contribution is -2.17. The summed E-state index contributed by atoms with van der Waals surface area (Å²) >= 11 is 5.82. The molecule has 0 radical (unpaired) electrons. The van der Waals surface area contributed by atoms with Gasteiger partial charge < -0.3 is 0 Å². The zero-order chi connectivity index (χ0) is 21.6. The predicted octanol–water partition coefficient (Wildman–Crippen LogP) is 9.81. The van der Waals surface area contributed by atoms with E-state index in [0.29, 0.717) is 5.92 Å². The molecule has 2 heteroatoms. The van der Waals surface area contributed by atoms with E-state index in [9.17, 15) is 4.39 Å². The molecular formula is C29H38ClF. The molecule has 0 saturated heterocycles. The van der Waals surface area contributed by atoms with E-state index in [0.717, 1.165) is 28.9 Å². The van der Waals surface area contributed by atoms with Crippen molar-refractivity contribution in [2.75, 3.05) is 0 Å². The van der Waals surface area contributed by atoms with E-state index in [-0.39, 0.29) is 10.8 Å². The fraction of sp³-hybridized carbons (Fsp3) is 0.586. The van der Waals surface area contributed by atoms with Gasteiger partial charge in [-0.2, -0.15) is 0 Å². The fourth-order valence-electron chi connectivity index (χ4n) is 6.10. The van der Waals surface area contributed by atoms with Crippen molar-refractivity contribution in [2.24, 2.45) is 17.8 Å². The van der Waals surface area contributed by atoms with Crippen LogP contribution in [-0.2, 0) is 0 Å². The van der Waals surface area contributed by atoms with Crippen LogP contribution >= 0.6 is 11.6 Å². The molecule has 0 heterocycles. The Kier molecular flexibility index (Phi) is 8.10. The van der Waals surface area contributed by atoms with Gasteiger partial charge in [0.15, 0.2) is 0 Å². The zero-order valence-corrected chi connectivity index (χ0v) is 19.8. The summed E-state index contributed by atoms with van der Waals surface area (Å²) in [4.78, 5) is 0. The molecule has 2 aliphatic carbocycles. The monoisotopic (exact) mass is 440 g/mol. The van der Waals surface area contributed by atoms with Gasteiger partial charge in [-0.25, -0.2) is 4.39 Å². The molecule has 2 saturated carbocycles. The van der Waals surface area contributed by atoms with Gasteiger partial charge in [-0.05, 0) is 78.2 Å². The number of benzene rings is 2. The van der Waals surface area contributed by atoms with E-state index in [2.05, 4.69) is 31.2 Å². The summed E-state index contributed by atoms with van der Waals surface area (Å²) < 4.78 is 13.8. The maximum atomic E-state index is 13.8. The Morgan fingerprint density at radius 2 is 1.23 bits per heavy atom. The average Bonchev–Trinajstić information content (AvgIpc) is 2.81. The molecule has 168 valence electrons. The minimum absolute atomic E-state index is 0.182. The molecule has 31 heavy (non-hydrogen) atoms. The lowest BCUT2D eigenvalue weighted by atomic mass is 9.74. The quantitative estimate of drug-likeness (QED) is 0.401. The Morgan fingerprint density at radius 1 is 0.710 bits per heavy atom. The molecule has 0 atom stereocenters. The van der Waals surface area contributed by atoms with Gasteiger partial charge in [0.05, 0.1) is 5.02 Å². The van der Waals surface area contributed by atoms with E-state index in [4.69, 9.17) is 11.6 Å². The third-order valence-electron chi connectivity index (χ3n) is 8.13. The molecule has 0 bridgehead atoms. The highest BCUT2D eigenvalue weighted by atomic mass is 35.5. The standard InChI is InChI=1S/C29H38ClF/c1-2-3-21-4-6-22(7-5-21)8-9-23-10-12-24(13-11-23)25-14-16-26(17-15-25)27-18-19-28(30)29(31)20-27/h14-24H,2-13H2,1H3/t21-,22-,23-,24-. The van der Waals surface area contributed by atoms with Gasteiger partial charge in [-0.3, -0.25) is 0 Å². The second-order valence-electron chi connectivity index (χ2n) is 10.2. The largest absolute Gasteiger partial charge is 0.205 e. The molecule has 0 amide bonds. The molecule has 0 aliphatic heterocycles. The van der Waals surface area contributed by atoms with Crippen LogP contribution in [0.5, 0.6) is 0 Å². The molecule has 0 N–H and O–H groups in total. The predicted molar refractivity (Wildman–Crippen MR) is 131 cm³/mol. The number of hydrogen-bond acceptors (Lipinski definition) is 0. The first-order valence-corrected chi connectivity index (χ1v) is 13.1. The molecule has 2 fully saturated rings. The number of hydrogen-bond donors (Lipinski definition) is 0. The summed E-state index contributed by atoms with van der Waals surface area (Å²) in [5.41, 5.74) is 3.40. The van der Waals surface area contributed by atoms with Gasteiger partial charge in [0.1, 0.15) is 5.82 Å². The number of rotatable bonds is 7.